The van der Waals surface area contributed by atoms with Crippen LogP contribution in [-0.4, -0.2) is 7.11 Å². The third kappa shape index (κ3) is 3.10. The van der Waals surface area contributed by atoms with Crippen molar-refractivity contribution in [3.05, 3.63) is 51.7 Å². The van der Waals surface area contributed by atoms with E-state index in [0.29, 0.717) is 0 Å². The number of aryl methyl sites for hydroxylation is 1. The molecule has 1 aromatic carbocycles. The van der Waals surface area contributed by atoms with Crippen LogP contribution in [0.15, 0.2) is 36.4 Å². The third-order valence-corrected chi connectivity index (χ3v) is 3.99. The Morgan fingerprint density at radius 1 is 1.33 bits per heavy atom. The van der Waals surface area contributed by atoms with E-state index < -0.39 is 0 Å². The summed E-state index contributed by atoms with van der Waals surface area (Å²) in [4.78, 5) is 2.56. The third-order valence-electron chi connectivity index (χ3n) is 2.88. The summed E-state index contributed by atoms with van der Waals surface area (Å²) < 4.78 is 5.23. The van der Waals surface area contributed by atoms with E-state index in [1.165, 1.54) is 15.3 Å². The van der Waals surface area contributed by atoms with Crippen LogP contribution in [0.25, 0.3) is 0 Å². The van der Waals surface area contributed by atoms with Crippen molar-refractivity contribution in [2.75, 3.05) is 7.11 Å². The second kappa shape index (κ2) is 6.00. The van der Waals surface area contributed by atoms with Crippen LogP contribution in [0.1, 0.15) is 21.4 Å². The van der Waals surface area contributed by atoms with E-state index in [2.05, 4.69) is 30.5 Å². The molecule has 0 saturated carbocycles. The minimum atomic E-state index is 0.149. The number of benzene rings is 1. The second-order valence-electron chi connectivity index (χ2n) is 4.22. The summed E-state index contributed by atoms with van der Waals surface area (Å²) in [6.45, 7) is 2.10. The highest BCUT2D eigenvalue weighted by atomic mass is 32.1. The summed E-state index contributed by atoms with van der Waals surface area (Å²) in [5.74, 6) is 6.54. The van der Waals surface area contributed by atoms with Gasteiger partial charge in [0, 0.05) is 9.75 Å². The molecule has 4 heteroatoms. The van der Waals surface area contributed by atoms with Gasteiger partial charge in [0.1, 0.15) is 5.75 Å². The van der Waals surface area contributed by atoms with Crippen molar-refractivity contribution in [3.8, 4) is 5.75 Å². The number of thiophene rings is 1. The van der Waals surface area contributed by atoms with Gasteiger partial charge in [-0.15, -0.1) is 11.3 Å². The highest BCUT2D eigenvalue weighted by Gasteiger charge is 2.12. The van der Waals surface area contributed by atoms with Crippen molar-refractivity contribution in [1.29, 1.82) is 0 Å². The molecule has 18 heavy (non-hydrogen) atoms. The standard InChI is InChI=1S/C14H18N2OS/c1-10-6-7-14(18-10)13(16-15)9-11-4-3-5-12(8-11)17-2/h3-8,13,16H,9,15H2,1-2H3. The van der Waals surface area contributed by atoms with Gasteiger partial charge in [0.2, 0.25) is 0 Å². The Kier molecular flexibility index (Phi) is 4.36. The highest BCUT2D eigenvalue weighted by molar-refractivity contribution is 7.12. The van der Waals surface area contributed by atoms with Gasteiger partial charge in [0.25, 0.3) is 0 Å². The van der Waals surface area contributed by atoms with Gasteiger partial charge in [0.15, 0.2) is 0 Å². The van der Waals surface area contributed by atoms with Crippen LogP contribution >= 0.6 is 11.3 Å². The molecule has 1 heterocycles. The zero-order valence-corrected chi connectivity index (χ0v) is 11.5. The molecular formula is C14H18N2OS. The van der Waals surface area contributed by atoms with E-state index in [0.717, 1.165) is 12.2 Å². The molecule has 0 bridgehead atoms. The molecule has 0 fully saturated rings. The Morgan fingerprint density at radius 2 is 2.17 bits per heavy atom. The largest absolute Gasteiger partial charge is 0.497 e. The van der Waals surface area contributed by atoms with Crippen LogP contribution in [0.3, 0.4) is 0 Å². The molecule has 0 saturated heterocycles. The summed E-state index contributed by atoms with van der Waals surface area (Å²) in [7, 11) is 1.68. The molecule has 0 spiro atoms. The molecule has 1 atom stereocenters. The summed E-state index contributed by atoms with van der Waals surface area (Å²) in [6, 6.07) is 12.5. The predicted octanol–water partition coefficient (Wildman–Crippen LogP) is 2.81. The number of nitrogens with one attached hydrogen (secondary N) is 1. The second-order valence-corrected chi connectivity index (χ2v) is 5.54. The number of nitrogens with two attached hydrogens (primary N) is 1. The fourth-order valence-electron chi connectivity index (χ4n) is 1.92. The first kappa shape index (κ1) is 13.1. The van der Waals surface area contributed by atoms with Crippen LogP contribution in [0, 0.1) is 6.92 Å². The molecule has 3 nitrogen and oxygen atoms in total. The van der Waals surface area contributed by atoms with Crippen LogP contribution in [0.5, 0.6) is 5.75 Å². The number of methoxy groups -OCH3 is 1. The molecule has 0 radical (unpaired) electrons. The maximum Gasteiger partial charge on any atom is 0.119 e. The Balaban J connectivity index is 2.14. The van der Waals surface area contributed by atoms with Crippen LogP contribution < -0.4 is 16.0 Å². The van der Waals surface area contributed by atoms with E-state index in [4.69, 9.17) is 10.6 Å². The average molecular weight is 262 g/mol. The van der Waals surface area contributed by atoms with Crippen LogP contribution in [0.2, 0.25) is 0 Å². The van der Waals surface area contributed by atoms with Crippen LogP contribution in [0.4, 0.5) is 0 Å². The quantitative estimate of drug-likeness (QED) is 0.643. The number of hydrogen-bond donors (Lipinski definition) is 2. The van der Waals surface area contributed by atoms with E-state index in [1.807, 2.05) is 18.2 Å². The Morgan fingerprint density at radius 3 is 2.78 bits per heavy atom. The summed E-state index contributed by atoms with van der Waals surface area (Å²) >= 11 is 1.78. The number of rotatable bonds is 5. The molecule has 0 aliphatic rings. The first-order valence-corrected chi connectivity index (χ1v) is 6.70. The van der Waals surface area contributed by atoms with Gasteiger partial charge in [-0.05, 0) is 43.2 Å². The number of hydrazine groups is 1. The Hall–Kier alpha value is -1.36. The topological polar surface area (TPSA) is 47.3 Å². The molecule has 2 aromatic rings. The minimum Gasteiger partial charge on any atom is -0.497 e. The van der Waals surface area contributed by atoms with E-state index >= 15 is 0 Å². The van der Waals surface area contributed by atoms with Crippen molar-refractivity contribution in [2.45, 2.75) is 19.4 Å². The zero-order valence-electron chi connectivity index (χ0n) is 10.6. The fourth-order valence-corrected chi connectivity index (χ4v) is 2.86. The van der Waals surface area contributed by atoms with E-state index in [-0.39, 0.29) is 6.04 Å². The van der Waals surface area contributed by atoms with Gasteiger partial charge in [-0.25, -0.2) is 0 Å². The molecule has 0 aliphatic carbocycles. The SMILES string of the molecule is COc1cccc(CC(NN)c2ccc(C)s2)c1. The first-order chi connectivity index (χ1) is 8.72. The first-order valence-electron chi connectivity index (χ1n) is 5.88. The molecule has 2 rings (SSSR count). The summed E-state index contributed by atoms with van der Waals surface area (Å²) in [5, 5.41) is 0. The molecule has 1 aromatic heterocycles. The fraction of sp³-hybridized carbons (Fsp3) is 0.286. The minimum absolute atomic E-state index is 0.149. The van der Waals surface area contributed by atoms with E-state index in [9.17, 15) is 0 Å². The Labute approximate surface area is 112 Å². The van der Waals surface area contributed by atoms with Crippen molar-refractivity contribution in [1.82, 2.24) is 5.43 Å². The molecule has 1 unspecified atom stereocenters. The smallest absolute Gasteiger partial charge is 0.119 e. The Bertz CT molecular complexity index is 510. The predicted molar refractivity (Wildman–Crippen MR) is 75.8 cm³/mol. The maximum atomic E-state index is 5.66. The highest BCUT2D eigenvalue weighted by Crippen LogP contribution is 2.26. The van der Waals surface area contributed by atoms with E-state index in [1.54, 1.807) is 18.4 Å². The number of hydrogen-bond acceptors (Lipinski definition) is 4. The molecule has 0 amide bonds. The lowest BCUT2D eigenvalue weighted by Gasteiger charge is -2.14. The van der Waals surface area contributed by atoms with Crippen molar-refractivity contribution >= 4 is 11.3 Å². The molecule has 96 valence electrons. The molecule has 0 aliphatic heterocycles. The summed E-state index contributed by atoms with van der Waals surface area (Å²) in [6.07, 6.45) is 0.855. The van der Waals surface area contributed by atoms with Gasteiger partial charge in [-0.1, -0.05) is 12.1 Å². The lowest BCUT2D eigenvalue weighted by Crippen LogP contribution is -2.28. The maximum absolute atomic E-state index is 5.66. The van der Waals surface area contributed by atoms with Crippen molar-refractivity contribution in [2.24, 2.45) is 5.84 Å². The van der Waals surface area contributed by atoms with Gasteiger partial charge in [-0.2, -0.15) is 0 Å². The lowest BCUT2D eigenvalue weighted by atomic mass is 10.0. The molecule has 3 N–H and O–H groups in total. The average Bonchev–Trinajstić information content (AvgIpc) is 2.82. The lowest BCUT2D eigenvalue weighted by molar-refractivity contribution is 0.414. The van der Waals surface area contributed by atoms with Gasteiger partial charge < -0.3 is 4.74 Å². The monoisotopic (exact) mass is 262 g/mol. The van der Waals surface area contributed by atoms with Crippen molar-refractivity contribution < 1.29 is 4.74 Å². The normalized spacial score (nSPS) is 12.4. The number of ether oxygens (including phenoxy) is 1. The molecular weight excluding hydrogens is 244 g/mol. The zero-order chi connectivity index (χ0) is 13.0. The van der Waals surface area contributed by atoms with Crippen LogP contribution in [-0.2, 0) is 6.42 Å². The van der Waals surface area contributed by atoms with Gasteiger partial charge >= 0.3 is 0 Å². The van der Waals surface area contributed by atoms with Gasteiger partial charge in [-0.3, -0.25) is 11.3 Å². The summed E-state index contributed by atoms with van der Waals surface area (Å²) in [5.41, 5.74) is 4.10. The van der Waals surface area contributed by atoms with Gasteiger partial charge in [0.05, 0.1) is 13.2 Å². The van der Waals surface area contributed by atoms with Crippen molar-refractivity contribution in [3.63, 3.8) is 0 Å².